The van der Waals surface area contributed by atoms with Gasteiger partial charge in [0.15, 0.2) is 0 Å². The lowest BCUT2D eigenvalue weighted by atomic mass is 9.85. The van der Waals surface area contributed by atoms with Crippen molar-refractivity contribution in [3.05, 3.63) is 0 Å². The second kappa shape index (κ2) is 4.63. The fourth-order valence-corrected chi connectivity index (χ4v) is 3.17. The Bertz CT molecular complexity index is 181. The van der Waals surface area contributed by atoms with E-state index in [1.165, 1.54) is 45.2 Å². The molecule has 2 aliphatic rings. The van der Waals surface area contributed by atoms with E-state index in [0.29, 0.717) is 6.04 Å². The Balaban J connectivity index is 1.87. The van der Waals surface area contributed by atoms with Crippen molar-refractivity contribution >= 4 is 0 Å². The van der Waals surface area contributed by atoms with E-state index >= 15 is 0 Å². The van der Waals surface area contributed by atoms with Crippen molar-refractivity contribution in [2.45, 2.75) is 51.1 Å². The van der Waals surface area contributed by atoms with Crippen molar-refractivity contribution in [3.63, 3.8) is 0 Å². The molecule has 82 valence electrons. The number of hydrogen-bond donors (Lipinski definition) is 1. The second-order valence-corrected chi connectivity index (χ2v) is 5.09. The Labute approximate surface area is 88.1 Å². The van der Waals surface area contributed by atoms with Gasteiger partial charge >= 0.3 is 0 Å². The van der Waals surface area contributed by atoms with E-state index in [0.717, 1.165) is 12.0 Å². The number of likely N-dealkylation sites (tertiary alicyclic amines) is 1. The molecule has 0 radical (unpaired) electrons. The largest absolute Gasteiger partial charge is 0.316 e. The molecule has 2 fully saturated rings. The lowest BCUT2D eigenvalue weighted by Crippen LogP contribution is -2.42. The van der Waals surface area contributed by atoms with Gasteiger partial charge in [-0.25, -0.2) is 0 Å². The van der Waals surface area contributed by atoms with Crippen LogP contribution in [0.5, 0.6) is 0 Å². The van der Waals surface area contributed by atoms with E-state index in [1.807, 2.05) is 0 Å². The molecule has 1 aliphatic carbocycles. The zero-order valence-corrected chi connectivity index (χ0v) is 9.63. The standard InChI is InChI=1S/C12H24N2/c1-10(13-2)9-14-8-7-11-5-3-4-6-12(11)14/h10-13H,3-9H2,1-2H3. The molecule has 3 unspecified atom stereocenters. The van der Waals surface area contributed by atoms with Crippen LogP contribution >= 0.6 is 0 Å². The molecule has 3 atom stereocenters. The van der Waals surface area contributed by atoms with Crippen molar-refractivity contribution in [3.8, 4) is 0 Å². The number of hydrogen-bond acceptors (Lipinski definition) is 2. The Morgan fingerprint density at radius 2 is 2.07 bits per heavy atom. The van der Waals surface area contributed by atoms with Gasteiger partial charge in [-0.1, -0.05) is 12.8 Å². The predicted octanol–water partition coefficient (Wildman–Crippen LogP) is 1.86. The van der Waals surface area contributed by atoms with Crippen molar-refractivity contribution in [1.82, 2.24) is 10.2 Å². The number of rotatable bonds is 3. The third kappa shape index (κ3) is 2.12. The lowest BCUT2D eigenvalue weighted by molar-refractivity contribution is 0.171. The highest BCUT2D eigenvalue weighted by Gasteiger charge is 2.35. The first-order valence-electron chi connectivity index (χ1n) is 6.22. The number of fused-ring (bicyclic) bond motifs is 1. The van der Waals surface area contributed by atoms with E-state index in [2.05, 4.69) is 24.2 Å². The quantitative estimate of drug-likeness (QED) is 0.741. The van der Waals surface area contributed by atoms with Crippen LogP contribution in [0, 0.1) is 5.92 Å². The molecule has 1 heterocycles. The maximum absolute atomic E-state index is 3.35. The molecule has 14 heavy (non-hydrogen) atoms. The molecule has 1 saturated carbocycles. The average molecular weight is 196 g/mol. The van der Waals surface area contributed by atoms with Crippen LogP contribution in [0.2, 0.25) is 0 Å². The van der Waals surface area contributed by atoms with E-state index in [4.69, 9.17) is 0 Å². The molecule has 0 spiro atoms. The van der Waals surface area contributed by atoms with E-state index in [-0.39, 0.29) is 0 Å². The monoisotopic (exact) mass is 196 g/mol. The summed E-state index contributed by atoms with van der Waals surface area (Å²) >= 11 is 0. The van der Waals surface area contributed by atoms with Gasteiger partial charge in [-0.05, 0) is 45.7 Å². The summed E-state index contributed by atoms with van der Waals surface area (Å²) in [6, 6.07) is 1.58. The number of likely N-dealkylation sites (N-methyl/N-ethyl adjacent to an activating group) is 1. The van der Waals surface area contributed by atoms with Crippen LogP contribution in [0.3, 0.4) is 0 Å². The fraction of sp³-hybridized carbons (Fsp3) is 1.00. The normalized spacial score (nSPS) is 35.6. The smallest absolute Gasteiger partial charge is 0.0163 e. The van der Waals surface area contributed by atoms with E-state index < -0.39 is 0 Å². The van der Waals surface area contributed by atoms with Gasteiger partial charge in [-0.2, -0.15) is 0 Å². The van der Waals surface area contributed by atoms with Crippen molar-refractivity contribution in [2.75, 3.05) is 20.1 Å². The summed E-state index contributed by atoms with van der Waals surface area (Å²) in [4.78, 5) is 2.73. The van der Waals surface area contributed by atoms with Gasteiger partial charge in [0, 0.05) is 18.6 Å². The summed E-state index contributed by atoms with van der Waals surface area (Å²) in [6.07, 6.45) is 7.36. The van der Waals surface area contributed by atoms with Crippen LogP contribution in [0.25, 0.3) is 0 Å². The summed E-state index contributed by atoms with van der Waals surface area (Å²) in [7, 11) is 2.07. The third-order valence-corrected chi connectivity index (χ3v) is 4.13. The molecule has 2 rings (SSSR count). The summed E-state index contributed by atoms with van der Waals surface area (Å²) in [6.45, 7) is 4.88. The fourth-order valence-electron chi connectivity index (χ4n) is 3.17. The molecule has 2 heteroatoms. The van der Waals surface area contributed by atoms with Crippen molar-refractivity contribution < 1.29 is 0 Å². The zero-order valence-electron chi connectivity index (χ0n) is 9.63. The maximum Gasteiger partial charge on any atom is 0.0163 e. The summed E-state index contributed by atoms with van der Waals surface area (Å²) < 4.78 is 0. The summed E-state index contributed by atoms with van der Waals surface area (Å²) in [5.74, 6) is 1.04. The molecule has 0 aromatic rings. The predicted molar refractivity (Wildman–Crippen MR) is 60.5 cm³/mol. The summed E-state index contributed by atoms with van der Waals surface area (Å²) in [5, 5.41) is 3.35. The minimum absolute atomic E-state index is 0.649. The van der Waals surface area contributed by atoms with Gasteiger partial charge in [0.2, 0.25) is 0 Å². The highest BCUT2D eigenvalue weighted by atomic mass is 15.2. The molecule has 0 amide bonds. The maximum atomic E-state index is 3.35. The molecule has 1 N–H and O–H groups in total. The highest BCUT2D eigenvalue weighted by Crippen LogP contribution is 2.35. The average Bonchev–Trinajstić information content (AvgIpc) is 2.62. The molecular weight excluding hydrogens is 172 g/mol. The van der Waals surface area contributed by atoms with Crippen molar-refractivity contribution in [1.29, 1.82) is 0 Å². The Morgan fingerprint density at radius 1 is 1.29 bits per heavy atom. The van der Waals surface area contributed by atoms with Gasteiger partial charge in [-0.3, -0.25) is 4.90 Å². The first kappa shape index (κ1) is 10.4. The minimum atomic E-state index is 0.649. The zero-order chi connectivity index (χ0) is 9.97. The van der Waals surface area contributed by atoms with Crippen LogP contribution < -0.4 is 5.32 Å². The minimum Gasteiger partial charge on any atom is -0.316 e. The Morgan fingerprint density at radius 3 is 2.86 bits per heavy atom. The highest BCUT2D eigenvalue weighted by molar-refractivity contribution is 4.90. The molecule has 0 aromatic carbocycles. The van der Waals surface area contributed by atoms with Gasteiger partial charge in [-0.15, -0.1) is 0 Å². The molecule has 2 nitrogen and oxygen atoms in total. The second-order valence-electron chi connectivity index (χ2n) is 5.09. The molecule has 1 aliphatic heterocycles. The molecule has 1 saturated heterocycles. The SMILES string of the molecule is CNC(C)CN1CCC2CCCCC21. The molecule has 0 aromatic heterocycles. The third-order valence-electron chi connectivity index (χ3n) is 4.13. The van der Waals surface area contributed by atoms with Gasteiger partial charge in [0.1, 0.15) is 0 Å². The van der Waals surface area contributed by atoms with Gasteiger partial charge in [0.25, 0.3) is 0 Å². The van der Waals surface area contributed by atoms with Crippen molar-refractivity contribution in [2.24, 2.45) is 5.92 Å². The van der Waals surface area contributed by atoms with Gasteiger partial charge < -0.3 is 5.32 Å². The topological polar surface area (TPSA) is 15.3 Å². The lowest BCUT2D eigenvalue weighted by Gasteiger charge is -2.33. The van der Waals surface area contributed by atoms with Gasteiger partial charge in [0.05, 0.1) is 0 Å². The van der Waals surface area contributed by atoms with Crippen LogP contribution in [0.15, 0.2) is 0 Å². The molecule has 0 bridgehead atoms. The van der Waals surface area contributed by atoms with Crippen LogP contribution in [0.1, 0.15) is 39.0 Å². The van der Waals surface area contributed by atoms with E-state index in [1.54, 1.807) is 0 Å². The van der Waals surface area contributed by atoms with Crippen LogP contribution in [-0.4, -0.2) is 37.1 Å². The first-order valence-corrected chi connectivity index (χ1v) is 6.22. The number of nitrogens with zero attached hydrogens (tertiary/aromatic N) is 1. The van der Waals surface area contributed by atoms with Crippen LogP contribution in [0.4, 0.5) is 0 Å². The first-order chi connectivity index (χ1) is 6.81. The van der Waals surface area contributed by atoms with Crippen LogP contribution in [-0.2, 0) is 0 Å². The Kier molecular flexibility index (Phi) is 3.45. The van der Waals surface area contributed by atoms with E-state index in [9.17, 15) is 0 Å². The Hall–Kier alpha value is -0.0800. The summed E-state index contributed by atoms with van der Waals surface area (Å²) in [5.41, 5.74) is 0. The molecular formula is C12H24N2. The number of nitrogens with one attached hydrogen (secondary N) is 1.